The third-order valence-electron chi connectivity index (χ3n) is 1.72. The van der Waals surface area contributed by atoms with Crippen LogP contribution in [0, 0.1) is 0 Å². The number of halogens is 2. The van der Waals surface area contributed by atoms with Crippen LogP contribution in [0.2, 0.25) is 0 Å². The normalized spacial score (nSPS) is 19.5. The summed E-state index contributed by atoms with van der Waals surface area (Å²) in [5, 5.41) is 2.65. The Morgan fingerprint density at radius 3 is 0.850 bits per heavy atom. The van der Waals surface area contributed by atoms with Crippen LogP contribution in [0.25, 0.3) is 0 Å². The Morgan fingerprint density at radius 1 is 0.700 bits per heavy atom. The highest BCUT2D eigenvalue weighted by Gasteiger charge is 2.23. The van der Waals surface area contributed by atoms with Crippen molar-refractivity contribution in [1.29, 1.82) is 0 Å². The third-order valence-corrected chi connectivity index (χ3v) is 6.71. The van der Waals surface area contributed by atoms with E-state index in [1.807, 2.05) is 35.4 Å². The molecular weight excluding hydrogens is 367 g/mol. The van der Waals surface area contributed by atoms with Crippen LogP contribution in [0.3, 0.4) is 0 Å². The van der Waals surface area contributed by atoms with Gasteiger partial charge < -0.3 is 24.8 Å². The maximum atomic E-state index is 4.12. The Balaban J connectivity index is -0.00000000840. The molecule has 20 heavy (non-hydrogen) atoms. The Hall–Kier alpha value is 1.98. The molecule has 1 aliphatic heterocycles. The first-order valence-corrected chi connectivity index (χ1v) is 7.44. The number of hydrogen-bond acceptors (Lipinski definition) is 4. The number of hydrogen-bond donors (Lipinski definition) is 2. The summed E-state index contributed by atoms with van der Waals surface area (Å²) in [6.45, 7) is 8.60. The van der Waals surface area contributed by atoms with Gasteiger partial charge in [-0.25, -0.2) is 0 Å². The molecule has 4 atom stereocenters. The second kappa shape index (κ2) is 32.8. The largest absolute Gasteiger partial charge is 1.00 e. The molecule has 1 saturated heterocycles. The standard InChI is InChI=1S/C4H8S2.C4H10S2.6CH4.2ClH/c1-3-4(2)6-5-3;1-3(5)4(2)6;;;;;;;;/h3-4H,1-2H3;3-6H,1-2H3;6*1H4;2*1H. The lowest BCUT2D eigenvalue weighted by molar-refractivity contribution is -0.001000. The van der Waals surface area contributed by atoms with Crippen LogP contribution in [-0.4, -0.2) is 21.0 Å². The summed E-state index contributed by atoms with van der Waals surface area (Å²) in [5.74, 6) is 0. The molecule has 1 fully saturated rings. The molecule has 0 aromatic carbocycles. The van der Waals surface area contributed by atoms with Gasteiger partial charge in [0.05, 0.1) is 0 Å². The van der Waals surface area contributed by atoms with Crippen LogP contribution >= 0.6 is 46.8 Å². The van der Waals surface area contributed by atoms with Gasteiger partial charge in [0, 0.05) is 21.0 Å². The zero-order valence-electron chi connectivity index (χ0n) is 10.8. The average molecular weight is 412 g/mol. The Bertz CT molecular complexity index is 116. The molecule has 0 aromatic rings. The molecular formula is C14H44Cl2S4. The van der Waals surface area contributed by atoms with Gasteiger partial charge in [0.15, 0.2) is 0 Å². The first kappa shape index (κ1) is 57.4. The van der Waals surface area contributed by atoms with Crippen LogP contribution in [-0.2, 0) is 0 Å². The summed E-state index contributed by atoms with van der Waals surface area (Å²) in [4.78, 5) is 0. The van der Waals surface area contributed by atoms with Crippen LogP contribution in [0.4, 0.5) is 0 Å². The molecule has 6 heteroatoms. The summed E-state index contributed by atoms with van der Waals surface area (Å²) < 4.78 is 0. The minimum atomic E-state index is 0. The van der Waals surface area contributed by atoms with E-state index < -0.39 is 0 Å². The van der Waals surface area contributed by atoms with Crippen molar-refractivity contribution in [3.8, 4) is 0 Å². The van der Waals surface area contributed by atoms with Gasteiger partial charge in [-0.3, -0.25) is 0 Å². The Morgan fingerprint density at radius 2 is 0.850 bits per heavy atom. The molecule has 1 rings (SSSR count). The Kier molecular flexibility index (Phi) is 94.2. The zero-order valence-corrected chi connectivity index (χ0v) is 13.7. The summed E-state index contributed by atoms with van der Waals surface area (Å²) >= 11 is 8.23. The fraction of sp³-hybridized carbons (Fsp3) is 1.00. The molecule has 0 N–H and O–H groups in total. The van der Waals surface area contributed by atoms with Crippen molar-refractivity contribution in [2.75, 3.05) is 0 Å². The molecule has 0 aromatic heterocycles. The van der Waals surface area contributed by atoms with E-state index in [0.717, 1.165) is 10.5 Å². The molecule has 0 bridgehead atoms. The van der Waals surface area contributed by atoms with E-state index in [4.69, 9.17) is 0 Å². The highest BCUT2D eigenvalue weighted by Crippen LogP contribution is 2.46. The fourth-order valence-corrected chi connectivity index (χ4v) is 2.50. The smallest absolute Gasteiger partial charge is 1.00 e. The highest BCUT2D eigenvalue weighted by molar-refractivity contribution is 8.80. The van der Waals surface area contributed by atoms with E-state index in [0.29, 0.717) is 10.5 Å². The highest BCUT2D eigenvalue weighted by atomic mass is 35.5. The van der Waals surface area contributed by atoms with E-state index in [1.54, 1.807) is 0 Å². The van der Waals surface area contributed by atoms with Crippen molar-refractivity contribution >= 4 is 46.8 Å². The van der Waals surface area contributed by atoms with Gasteiger partial charge in [0.2, 0.25) is 0 Å². The molecule has 0 amide bonds. The van der Waals surface area contributed by atoms with Crippen LogP contribution in [0.15, 0.2) is 0 Å². The minimum absolute atomic E-state index is 0. The van der Waals surface area contributed by atoms with Gasteiger partial charge in [-0.05, 0) is 0 Å². The molecule has 1 heterocycles. The quantitative estimate of drug-likeness (QED) is 0.499. The molecule has 0 spiro atoms. The molecule has 0 radical (unpaired) electrons. The lowest BCUT2D eigenvalue weighted by atomic mass is 10.4. The lowest BCUT2D eigenvalue weighted by Crippen LogP contribution is -3.00. The predicted octanol–water partition coefficient (Wildman–Crippen LogP) is 1.83. The summed E-state index contributed by atoms with van der Waals surface area (Å²) in [6.07, 6.45) is 0. The van der Waals surface area contributed by atoms with E-state index in [1.165, 1.54) is 0 Å². The van der Waals surface area contributed by atoms with Crippen LogP contribution in [0.5, 0.6) is 0 Å². The lowest BCUT2D eigenvalue weighted by Gasteiger charge is -2.27. The van der Waals surface area contributed by atoms with Crippen molar-refractivity contribution in [3.63, 3.8) is 0 Å². The van der Waals surface area contributed by atoms with E-state index in [9.17, 15) is 0 Å². The van der Waals surface area contributed by atoms with Crippen LogP contribution < -0.4 is 24.8 Å². The maximum Gasteiger partial charge on any atom is 1.00 e. The van der Waals surface area contributed by atoms with Crippen molar-refractivity contribution in [2.24, 2.45) is 0 Å². The monoisotopic (exact) mass is 410 g/mol. The van der Waals surface area contributed by atoms with E-state index in [2.05, 4.69) is 39.1 Å². The minimum Gasteiger partial charge on any atom is -1.00 e. The van der Waals surface area contributed by atoms with Gasteiger partial charge in [-0.2, -0.15) is 25.3 Å². The predicted molar refractivity (Wildman–Crippen MR) is 114 cm³/mol. The maximum absolute atomic E-state index is 4.12. The molecule has 0 aliphatic carbocycles. The van der Waals surface area contributed by atoms with Gasteiger partial charge >= 0.3 is 2.85 Å². The summed E-state index contributed by atoms with van der Waals surface area (Å²) in [7, 11) is 3.97. The SMILES string of the molecule is C.C.C.C.C.C.CC(S)C(C)S.CC1SSC1C.[Cl-].[Cl-].[H+].[H+]. The first-order valence-electron chi connectivity index (χ1n) is 4.13. The van der Waals surface area contributed by atoms with Crippen molar-refractivity contribution in [2.45, 2.75) is 93.3 Å². The fourth-order valence-electron chi connectivity index (χ4n) is 0.278. The van der Waals surface area contributed by atoms with Gasteiger partial charge in [-0.15, -0.1) is 0 Å². The number of rotatable bonds is 1. The Labute approximate surface area is 167 Å². The second-order valence-electron chi connectivity index (χ2n) is 3.08. The zero-order chi connectivity index (χ0) is 9.72. The van der Waals surface area contributed by atoms with Crippen LogP contribution in [0.1, 0.15) is 75.1 Å². The van der Waals surface area contributed by atoms with E-state index in [-0.39, 0.29) is 72.2 Å². The molecule has 138 valence electrons. The van der Waals surface area contributed by atoms with Crippen molar-refractivity contribution in [1.82, 2.24) is 0 Å². The van der Waals surface area contributed by atoms with Crippen molar-refractivity contribution < 1.29 is 27.7 Å². The van der Waals surface area contributed by atoms with Gasteiger partial charge in [-0.1, -0.05) is 93.8 Å². The first-order chi connectivity index (χ1) is 5.45. The van der Waals surface area contributed by atoms with E-state index >= 15 is 0 Å². The summed E-state index contributed by atoms with van der Waals surface area (Å²) in [6, 6.07) is 0. The molecule has 0 saturated carbocycles. The number of thiol groups is 2. The molecule has 4 unspecified atom stereocenters. The third kappa shape index (κ3) is 32.1. The summed E-state index contributed by atoms with van der Waals surface area (Å²) in [5.41, 5.74) is 0. The van der Waals surface area contributed by atoms with Crippen molar-refractivity contribution in [3.05, 3.63) is 0 Å². The van der Waals surface area contributed by atoms with Gasteiger partial charge in [0.1, 0.15) is 0 Å². The van der Waals surface area contributed by atoms with Gasteiger partial charge in [0.25, 0.3) is 0 Å². The molecule has 1 aliphatic rings. The second-order valence-corrected chi connectivity index (χ2v) is 7.74. The topological polar surface area (TPSA) is 0 Å². The molecule has 0 nitrogen and oxygen atoms in total. The average Bonchev–Trinajstić information content (AvgIpc) is 2.02.